The Balaban J connectivity index is 1.99. The lowest BCUT2D eigenvalue weighted by atomic mass is 9.99. The molecule has 3 rings (SSSR count). The van der Waals surface area contributed by atoms with E-state index in [1.54, 1.807) is 13.0 Å². The Morgan fingerprint density at radius 1 is 1.42 bits per heavy atom. The second kappa shape index (κ2) is 6.06. The fraction of sp³-hybridized carbons (Fsp3) is 0.467. The number of benzene rings is 1. The SMILES string of the molecule is CCn1c(=O)oc2cc(S(=O)(=O)N3CCC[C@H](C(N)=O)C3)ccc21. The predicted octanol–water partition coefficient (Wildman–Crippen LogP) is 0.500. The highest BCUT2D eigenvalue weighted by molar-refractivity contribution is 7.89. The Kier molecular flexibility index (Phi) is 4.22. The van der Waals surface area contributed by atoms with E-state index in [-0.39, 0.29) is 17.0 Å². The zero-order valence-electron chi connectivity index (χ0n) is 13.3. The predicted molar refractivity (Wildman–Crippen MR) is 86.8 cm³/mol. The van der Waals surface area contributed by atoms with Crippen LogP contribution in [-0.2, 0) is 21.4 Å². The molecular weight excluding hydrogens is 334 g/mol. The maximum Gasteiger partial charge on any atom is 0.419 e. The fourth-order valence-electron chi connectivity index (χ4n) is 3.05. The van der Waals surface area contributed by atoms with Gasteiger partial charge in [0.15, 0.2) is 5.58 Å². The summed E-state index contributed by atoms with van der Waals surface area (Å²) in [6.07, 6.45) is 1.17. The molecule has 0 saturated carbocycles. The summed E-state index contributed by atoms with van der Waals surface area (Å²) in [5.74, 6) is -1.48. The average molecular weight is 353 g/mol. The maximum absolute atomic E-state index is 12.8. The average Bonchev–Trinajstić information content (AvgIpc) is 2.88. The number of piperidine rings is 1. The smallest absolute Gasteiger partial charge is 0.408 e. The number of oxazole rings is 1. The second-order valence-corrected chi connectivity index (χ2v) is 7.78. The summed E-state index contributed by atoms with van der Waals surface area (Å²) in [7, 11) is -3.78. The molecule has 1 aliphatic heterocycles. The molecule has 1 aliphatic rings. The lowest BCUT2D eigenvalue weighted by Crippen LogP contribution is -2.44. The van der Waals surface area contributed by atoms with Crippen LogP contribution >= 0.6 is 0 Å². The molecule has 0 spiro atoms. The number of sulfonamides is 1. The highest BCUT2D eigenvalue weighted by Gasteiger charge is 2.32. The Bertz CT molecular complexity index is 944. The molecule has 0 radical (unpaired) electrons. The molecule has 1 aromatic carbocycles. The summed E-state index contributed by atoms with van der Waals surface area (Å²) in [6, 6.07) is 4.37. The van der Waals surface area contributed by atoms with Crippen molar-refractivity contribution >= 4 is 27.0 Å². The molecule has 8 nitrogen and oxygen atoms in total. The maximum atomic E-state index is 12.8. The van der Waals surface area contributed by atoms with Crippen molar-refractivity contribution in [3.63, 3.8) is 0 Å². The van der Waals surface area contributed by atoms with Gasteiger partial charge in [0.25, 0.3) is 0 Å². The van der Waals surface area contributed by atoms with Crippen LogP contribution in [0.15, 0.2) is 32.3 Å². The van der Waals surface area contributed by atoms with E-state index in [0.29, 0.717) is 31.4 Å². The Hall–Kier alpha value is -2.13. The molecule has 1 saturated heterocycles. The Morgan fingerprint density at radius 3 is 2.83 bits per heavy atom. The standard InChI is InChI=1S/C15H19N3O5S/c1-2-18-12-6-5-11(8-13(12)23-15(18)20)24(21,22)17-7-3-4-10(9-17)14(16)19/h5-6,8,10H,2-4,7,9H2,1H3,(H2,16,19)/t10-/m0/s1. The van der Waals surface area contributed by atoms with Gasteiger partial charge in [-0.25, -0.2) is 13.2 Å². The number of aryl methyl sites for hydroxylation is 1. The van der Waals surface area contributed by atoms with Crippen molar-refractivity contribution in [2.24, 2.45) is 11.7 Å². The number of nitrogens with zero attached hydrogens (tertiary/aromatic N) is 2. The number of hydrogen-bond donors (Lipinski definition) is 1. The van der Waals surface area contributed by atoms with Gasteiger partial charge >= 0.3 is 5.76 Å². The number of nitrogens with two attached hydrogens (primary N) is 1. The van der Waals surface area contributed by atoms with Crippen molar-refractivity contribution in [3.8, 4) is 0 Å². The zero-order chi connectivity index (χ0) is 17.5. The van der Waals surface area contributed by atoms with E-state index in [2.05, 4.69) is 0 Å². The molecule has 0 unspecified atom stereocenters. The first-order valence-corrected chi connectivity index (χ1v) is 9.21. The van der Waals surface area contributed by atoms with Crippen LogP contribution in [-0.4, -0.2) is 36.3 Å². The monoisotopic (exact) mass is 353 g/mol. The summed E-state index contributed by atoms with van der Waals surface area (Å²) in [6.45, 7) is 2.66. The van der Waals surface area contributed by atoms with Gasteiger partial charge in [0.2, 0.25) is 15.9 Å². The van der Waals surface area contributed by atoms with Gasteiger partial charge in [-0.05, 0) is 31.9 Å². The van der Waals surface area contributed by atoms with Gasteiger partial charge < -0.3 is 10.2 Å². The van der Waals surface area contributed by atoms with Crippen molar-refractivity contribution in [2.75, 3.05) is 13.1 Å². The molecule has 130 valence electrons. The van der Waals surface area contributed by atoms with E-state index in [1.165, 1.54) is 21.0 Å². The highest BCUT2D eigenvalue weighted by Crippen LogP contribution is 2.26. The van der Waals surface area contributed by atoms with Gasteiger partial charge in [0.1, 0.15) is 0 Å². The molecule has 2 heterocycles. The first kappa shape index (κ1) is 16.7. The van der Waals surface area contributed by atoms with Crippen molar-refractivity contribution in [1.82, 2.24) is 8.87 Å². The van der Waals surface area contributed by atoms with Gasteiger partial charge in [-0.1, -0.05) is 0 Å². The van der Waals surface area contributed by atoms with Crippen molar-refractivity contribution < 1.29 is 17.6 Å². The molecule has 0 aliphatic carbocycles. The largest absolute Gasteiger partial charge is 0.419 e. The highest BCUT2D eigenvalue weighted by atomic mass is 32.2. The molecule has 1 fully saturated rings. The number of primary amides is 1. The number of hydrogen-bond acceptors (Lipinski definition) is 5. The van der Waals surface area contributed by atoms with Gasteiger partial charge in [-0.2, -0.15) is 4.31 Å². The van der Waals surface area contributed by atoms with Gasteiger partial charge in [0.05, 0.1) is 16.3 Å². The molecular formula is C15H19N3O5S. The van der Waals surface area contributed by atoms with E-state index >= 15 is 0 Å². The summed E-state index contributed by atoms with van der Waals surface area (Å²) in [5.41, 5.74) is 6.09. The van der Waals surface area contributed by atoms with Gasteiger partial charge in [-0.3, -0.25) is 9.36 Å². The van der Waals surface area contributed by atoms with Crippen LogP contribution in [0.1, 0.15) is 19.8 Å². The molecule has 1 atom stereocenters. The number of rotatable bonds is 4. The topological polar surface area (TPSA) is 116 Å². The van der Waals surface area contributed by atoms with Crippen molar-refractivity contribution in [3.05, 3.63) is 28.7 Å². The number of carbonyl (C=O) groups excluding carboxylic acids is 1. The number of amides is 1. The number of aromatic nitrogens is 1. The molecule has 2 aromatic rings. The van der Waals surface area contributed by atoms with Crippen molar-refractivity contribution in [2.45, 2.75) is 31.2 Å². The molecule has 2 N–H and O–H groups in total. The third-order valence-electron chi connectivity index (χ3n) is 4.38. The fourth-order valence-corrected chi connectivity index (χ4v) is 4.59. The van der Waals surface area contributed by atoms with Crippen molar-refractivity contribution in [1.29, 1.82) is 0 Å². The van der Waals surface area contributed by atoms with Crippen LogP contribution in [0.5, 0.6) is 0 Å². The molecule has 0 bridgehead atoms. The van der Waals surface area contributed by atoms with E-state index in [9.17, 15) is 18.0 Å². The van der Waals surface area contributed by atoms with E-state index < -0.39 is 27.6 Å². The van der Waals surface area contributed by atoms with Crippen LogP contribution in [0.2, 0.25) is 0 Å². The first-order valence-electron chi connectivity index (χ1n) is 7.77. The number of fused-ring (bicyclic) bond motifs is 1. The minimum atomic E-state index is -3.78. The van der Waals surface area contributed by atoms with Crippen LogP contribution < -0.4 is 11.5 Å². The van der Waals surface area contributed by atoms with Crippen LogP contribution in [0.4, 0.5) is 0 Å². The summed E-state index contributed by atoms with van der Waals surface area (Å²) >= 11 is 0. The van der Waals surface area contributed by atoms with Crippen LogP contribution in [0.25, 0.3) is 11.1 Å². The minimum absolute atomic E-state index is 0.0390. The van der Waals surface area contributed by atoms with E-state index in [1.807, 2.05) is 0 Å². The quantitative estimate of drug-likeness (QED) is 0.859. The Labute approximate surface area is 138 Å². The lowest BCUT2D eigenvalue weighted by Gasteiger charge is -2.30. The summed E-state index contributed by atoms with van der Waals surface area (Å²) in [5, 5.41) is 0. The molecule has 1 amide bonds. The first-order chi connectivity index (χ1) is 11.3. The summed E-state index contributed by atoms with van der Waals surface area (Å²) < 4.78 is 33.4. The summed E-state index contributed by atoms with van der Waals surface area (Å²) in [4.78, 5) is 23.1. The molecule has 24 heavy (non-hydrogen) atoms. The zero-order valence-corrected chi connectivity index (χ0v) is 14.1. The van der Waals surface area contributed by atoms with Gasteiger partial charge in [0, 0.05) is 25.7 Å². The lowest BCUT2D eigenvalue weighted by molar-refractivity contribution is -0.122. The second-order valence-electron chi connectivity index (χ2n) is 5.85. The molecule has 1 aromatic heterocycles. The van der Waals surface area contributed by atoms with Gasteiger partial charge in [-0.15, -0.1) is 0 Å². The van der Waals surface area contributed by atoms with E-state index in [4.69, 9.17) is 10.2 Å². The Morgan fingerprint density at radius 2 is 2.17 bits per heavy atom. The van der Waals surface area contributed by atoms with E-state index in [0.717, 1.165) is 0 Å². The third kappa shape index (κ3) is 2.73. The van der Waals surface area contributed by atoms with Crippen LogP contribution in [0.3, 0.4) is 0 Å². The normalized spacial score (nSPS) is 19.6. The molecule has 9 heteroatoms. The third-order valence-corrected chi connectivity index (χ3v) is 6.24. The minimum Gasteiger partial charge on any atom is -0.408 e. The number of carbonyl (C=O) groups is 1. The van der Waals surface area contributed by atoms with Crippen LogP contribution in [0, 0.1) is 5.92 Å².